The SMILES string of the molecule is CSc1ccc(N2CN(c3ccccc3)CN2c2ccccc2)cc1. The van der Waals surface area contributed by atoms with Crippen molar-refractivity contribution in [3.05, 3.63) is 84.9 Å². The fraction of sp³-hybridized carbons (Fsp3) is 0.143. The molecule has 0 N–H and O–H groups in total. The third-order valence-corrected chi connectivity index (χ3v) is 5.19. The van der Waals surface area contributed by atoms with Crippen LogP contribution in [0.1, 0.15) is 0 Å². The number of rotatable bonds is 4. The number of benzene rings is 3. The molecule has 0 unspecified atom stereocenters. The van der Waals surface area contributed by atoms with Crippen LogP contribution in [0.25, 0.3) is 0 Å². The van der Waals surface area contributed by atoms with Gasteiger partial charge in [0.2, 0.25) is 0 Å². The largest absolute Gasteiger partial charge is 0.332 e. The van der Waals surface area contributed by atoms with Crippen LogP contribution in [-0.2, 0) is 0 Å². The highest BCUT2D eigenvalue weighted by Crippen LogP contribution is 2.31. The van der Waals surface area contributed by atoms with Gasteiger partial charge >= 0.3 is 0 Å². The van der Waals surface area contributed by atoms with E-state index in [0.29, 0.717) is 0 Å². The molecule has 0 aromatic heterocycles. The molecule has 25 heavy (non-hydrogen) atoms. The minimum Gasteiger partial charge on any atom is -0.332 e. The standard InChI is InChI=1S/C21H21N3S/c1-25-21-14-12-20(13-15-21)24-17-22(18-8-4-2-5-9-18)16-23(24)19-10-6-3-7-11-19/h2-15H,16-17H2,1H3. The lowest BCUT2D eigenvalue weighted by Gasteiger charge is -2.29. The number of anilines is 3. The predicted octanol–water partition coefficient (Wildman–Crippen LogP) is 5.07. The quantitative estimate of drug-likeness (QED) is 0.609. The van der Waals surface area contributed by atoms with Crippen LogP contribution in [0.15, 0.2) is 89.8 Å². The van der Waals surface area contributed by atoms with Crippen molar-refractivity contribution in [3.63, 3.8) is 0 Å². The Kier molecular flexibility index (Phi) is 4.53. The second kappa shape index (κ2) is 7.11. The van der Waals surface area contributed by atoms with E-state index in [2.05, 4.69) is 106 Å². The van der Waals surface area contributed by atoms with Crippen LogP contribution >= 0.6 is 11.8 Å². The van der Waals surface area contributed by atoms with E-state index in [4.69, 9.17) is 0 Å². The molecular formula is C21H21N3S. The first kappa shape index (κ1) is 15.9. The Balaban J connectivity index is 1.68. The van der Waals surface area contributed by atoms with Crippen LogP contribution in [0.5, 0.6) is 0 Å². The third-order valence-electron chi connectivity index (χ3n) is 4.45. The van der Waals surface area contributed by atoms with Gasteiger partial charge in [0.25, 0.3) is 0 Å². The minimum atomic E-state index is 0.831. The van der Waals surface area contributed by atoms with Gasteiger partial charge in [0.15, 0.2) is 0 Å². The highest BCUT2D eigenvalue weighted by atomic mass is 32.2. The summed E-state index contributed by atoms with van der Waals surface area (Å²) >= 11 is 1.77. The normalized spacial score (nSPS) is 14.2. The summed E-state index contributed by atoms with van der Waals surface area (Å²) in [6.07, 6.45) is 2.11. The summed E-state index contributed by atoms with van der Waals surface area (Å²) in [7, 11) is 0. The fourth-order valence-electron chi connectivity index (χ4n) is 3.12. The molecule has 0 aliphatic carbocycles. The second-order valence-electron chi connectivity index (χ2n) is 5.99. The van der Waals surface area contributed by atoms with Crippen LogP contribution in [0, 0.1) is 0 Å². The molecular weight excluding hydrogens is 326 g/mol. The molecule has 0 radical (unpaired) electrons. The van der Waals surface area contributed by atoms with Crippen LogP contribution in [-0.4, -0.2) is 19.6 Å². The van der Waals surface area contributed by atoms with Gasteiger partial charge in [0, 0.05) is 10.6 Å². The molecule has 1 fully saturated rings. The summed E-state index contributed by atoms with van der Waals surface area (Å²) < 4.78 is 0. The number of thioether (sulfide) groups is 1. The summed E-state index contributed by atoms with van der Waals surface area (Å²) in [6, 6.07) is 30.0. The fourth-order valence-corrected chi connectivity index (χ4v) is 3.53. The molecule has 1 saturated heterocycles. The number of nitrogens with zero attached hydrogens (tertiary/aromatic N) is 3. The first-order valence-electron chi connectivity index (χ1n) is 8.39. The maximum absolute atomic E-state index is 2.38. The molecule has 0 atom stereocenters. The molecule has 4 rings (SSSR count). The molecule has 3 nitrogen and oxygen atoms in total. The van der Waals surface area contributed by atoms with Crippen molar-refractivity contribution in [1.29, 1.82) is 0 Å². The van der Waals surface area contributed by atoms with E-state index in [-0.39, 0.29) is 0 Å². The molecule has 1 heterocycles. The molecule has 0 saturated carbocycles. The van der Waals surface area contributed by atoms with Gasteiger partial charge in [-0.05, 0) is 54.8 Å². The lowest BCUT2D eigenvalue weighted by molar-refractivity contribution is 0.890. The topological polar surface area (TPSA) is 9.72 Å². The summed E-state index contributed by atoms with van der Waals surface area (Å²) in [5.74, 6) is 0. The Morgan fingerprint density at radius 1 is 0.600 bits per heavy atom. The van der Waals surface area contributed by atoms with Gasteiger partial charge in [-0.3, -0.25) is 10.0 Å². The van der Waals surface area contributed by atoms with E-state index >= 15 is 0 Å². The van der Waals surface area contributed by atoms with Crippen molar-refractivity contribution in [1.82, 2.24) is 0 Å². The molecule has 4 heteroatoms. The molecule has 3 aromatic rings. The molecule has 0 spiro atoms. The summed E-state index contributed by atoms with van der Waals surface area (Å²) in [6.45, 7) is 1.66. The Bertz CT molecular complexity index is 806. The van der Waals surface area contributed by atoms with E-state index < -0.39 is 0 Å². The second-order valence-corrected chi connectivity index (χ2v) is 6.87. The van der Waals surface area contributed by atoms with Crippen molar-refractivity contribution in [3.8, 4) is 0 Å². The number of hydrogen-bond donors (Lipinski definition) is 0. The zero-order valence-electron chi connectivity index (χ0n) is 14.2. The molecule has 126 valence electrons. The lowest BCUT2D eigenvalue weighted by Crippen LogP contribution is -2.36. The van der Waals surface area contributed by atoms with E-state index in [1.165, 1.54) is 22.0 Å². The summed E-state index contributed by atoms with van der Waals surface area (Å²) in [5, 5.41) is 4.67. The van der Waals surface area contributed by atoms with Crippen molar-refractivity contribution in [2.24, 2.45) is 0 Å². The number of para-hydroxylation sites is 2. The smallest absolute Gasteiger partial charge is 0.112 e. The van der Waals surface area contributed by atoms with E-state index in [1.54, 1.807) is 11.8 Å². The van der Waals surface area contributed by atoms with Gasteiger partial charge in [-0.1, -0.05) is 36.4 Å². The van der Waals surface area contributed by atoms with Gasteiger partial charge in [-0.2, -0.15) is 0 Å². The average Bonchev–Trinajstić information content (AvgIpc) is 3.15. The Morgan fingerprint density at radius 3 is 1.60 bits per heavy atom. The minimum absolute atomic E-state index is 0.831. The maximum atomic E-state index is 2.38. The highest BCUT2D eigenvalue weighted by molar-refractivity contribution is 7.98. The zero-order chi connectivity index (χ0) is 17.1. The predicted molar refractivity (Wildman–Crippen MR) is 108 cm³/mol. The Labute approximate surface area is 153 Å². The summed E-state index contributed by atoms with van der Waals surface area (Å²) in [4.78, 5) is 3.67. The van der Waals surface area contributed by atoms with E-state index in [9.17, 15) is 0 Å². The molecule has 0 bridgehead atoms. The van der Waals surface area contributed by atoms with E-state index in [1.807, 2.05) is 0 Å². The van der Waals surface area contributed by atoms with E-state index in [0.717, 1.165) is 13.3 Å². The molecule has 1 aliphatic rings. The van der Waals surface area contributed by atoms with Crippen LogP contribution < -0.4 is 14.9 Å². The third kappa shape index (κ3) is 3.30. The monoisotopic (exact) mass is 347 g/mol. The zero-order valence-corrected chi connectivity index (χ0v) is 15.1. The van der Waals surface area contributed by atoms with Crippen LogP contribution in [0.4, 0.5) is 17.1 Å². The van der Waals surface area contributed by atoms with Gasteiger partial charge < -0.3 is 4.90 Å². The van der Waals surface area contributed by atoms with Gasteiger partial charge in [-0.25, -0.2) is 0 Å². The van der Waals surface area contributed by atoms with Crippen molar-refractivity contribution < 1.29 is 0 Å². The molecule has 1 aliphatic heterocycles. The number of hydrogen-bond acceptors (Lipinski definition) is 4. The Morgan fingerprint density at radius 2 is 1.08 bits per heavy atom. The van der Waals surface area contributed by atoms with Crippen molar-refractivity contribution in [2.45, 2.75) is 4.90 Å². The summed E-state index contributed by atoms with van der Waals surface area (Å²) in [5.41, 5.74) is 3.65. The number of hydrazine groups is 1. The van der Waals surface area contributed by atoms with Crippen molar-refractivity contribution >= 4 is 28.8 Å². The first-order valence-corrected chi connectivity index (χ1v) is 9.62. The Hall–Kier alpha value is -2.59. The van der Waals surface area contributed by atoms with Crippen LogP contribution in [0.2, 0.25) is 0 Å². The lowest BCUT2D eigenvalue weighted by atomic mass is 10.3. The molecule has 3 aromatic carbocycles. The van der Waals surface area contributed by atoms with Gasteiger partial charge in [-0.15, -0.1) is 11.8 Å². The van der Waals surface area contributed by atoms with Crippen LogP contribution in [0.3, 0.4) is 0 Å². The maximum Gasteiger partial charge on any atom is 0.112 e. The first-order chi connectivity index (χ1) is 12.3. The van der Waals surface area contributed by atoms with Gasteiger partial charge in [0.1, 0.15) is 13.3 Å². The van der Waals surface area contributed by atoms with Crippen molar-refractivity contribution in [2.75, 3.05) is 34.5 Å². The van der Waals surface area contributed by atoms with Gasteiger partial charge in [0.05, 0.1) is 11.4 Å². The average molecular weight is 347 g/mol. The molecule has 0 amide bonds. The highest BCUT2D eigenvalue weighted by Gasteiger charge is 2.28.